The zero-order chi connectivity index (χ0) is 18.9. The van der Waals surface area contributed by atoms with E-state index in [1.807, 2.05) is 24.3 Å². The van der Waals surface area contributed by atoms with Gasteiger partial charge in [-0.15, -0.1) is 0 Å². The number of hydrogen-bond donors (Lipinski definition) is 1. The lowest BCUT2D eigenvalue weighted by Gasteiger charge is -2.36. The Morgan fingerprint density at radius 2 is 1.81 bits per heavy atom. The molecule has 1 heterocycles. The second-order valence-corrected chi connectivity index (χ2v) is 7.73. The Hall–Kier alpha value is -1.59. The van der Waals surface area contributed by atoms with E-state index in [0.717, 1.165) is 38.5 Å². The van der Waals surface area contributed by atoms with Gasteiger partial charge in [-0.25, -0.2) is 0 Å². The molecule has 0 aromatic heterocycles. The van der Waals surface area contributed by atoms with Gasteiger partial charge in [-0.05, 0) is 42.5 Å². The lowest BCUT2D eigenvalue weighted by Crippen LogP contribution is -2.51. The van der Waals surface area contributed by atoms with Crippen LogP contribution < -0.4 is 10.1 Å². The minimum absolute atomic E-state index is 0.0300. The molecule has 1 N–H and O–H groups in total. The van der Waals surface area contributed by atoms with Crippen molar-refractivity contribution in [2.45, 2.75) is 40.2 Å². The normalized spacial score (nSPS) is 16.7. The Morgan fingerprint density at radius 1 is 1.15 bits per heavy atom. The molecule has 5 nitrogen and oxygen atoms in total. The molecule has 1 aliphatic rings. The summed E-state index contributed by atoms with van der Waals surface area (Å²) >= 11 is 0. The number of amides is 1. The van der Waals surface area contributed by atoms with Crippen LogP contribution in [0.4, 0.5) is 0 Å². The average molecular weight is 363 g/mol. The van der Waals surface area contributed by atoms with Crippen molar-refractivity contribution in [1.29, 1.82) is 0 Å². The Morgan fingerprint density at radius 3 is 2.38 bits per heavy atom. The molecule has 0 saturated carbocycles. The summed E-state index contributed by atoms with van der Waals surface area (Å²) in [5, 5.41) is 3.09. The van der Waals surface area contributed by atoms with Crippen molar-refractivity contribution >= 4 is 5.91 Å². The van der Waals surface area contributed by atoms with Crippen molar-refractivity contribution in [1.82, 2.24) is 10.2 Å². The molecule has 1 saturated heterocycles. The van der Waals surface area contributed by atoms with Gasteiger partial charge in [0, 0.05) is 31.2 Å². The standard InChI is InChI=1S/C21H34N2O3/c1-16(2)9-12-26-19-7-5-18(6-8-19)21(24)22-15-20(17(3)4)23-10-13-25-14-11-23/h5-8,16-17,20H,9-15H2,1-4H3,(H,22,24). The molecule has 1 aromatic rings. The molecule has 0 spiro atoms. The lowest BCUT2D eigenvalue weighted by atomic mass is 10.0. The average Bonchev–Trinajstić information content (AvgIpc) is 2.62. The summed E-state index contributed by atoms with van der Waals surface area (Å²) < 4.78 is 11.1. The third-order valence-corrected chi connectivity index (χ3v) is 4.84. The summed E-state index contributed by atoms with van der Waals surface area (Å²) in [7, 11) is 0. The molecule has 0 bridgehead atoms. The molecule has 2 rings (SSSR count). The summed E-state index contributed by atoms with van der Waals surface area (Å²) in [6.45, 7) is 13.5. The van der Waals surface area contributed by atoms with Gasteiger partial charge in [0.15, 0.2) is 0 Å². The third kappa shape index (κ3) is 6.61. The van der Waals surface area contributed by atoms with E-state index < -0.39 is 0 Å². The summed E-state index contributed by atoms with van der Waals surface area (Å²) in [6, 6.07) is 7.74. The molecule has 1 aliphatic heterocycles. The summed E-state index contributed by atoms with van der Waals surface area (Å²) in [4.78, 5) is 14.9. The van der Waals surface area contributed by atoms with Gasteiger partial charge >= 0.3 is 0 Å². The van der Waals surface area contributed by atoms with Gasteiger partial charge in [-0.1, -0.05) is 27.7 Å². The number of ether oxygens (including phenoxy) is 2. The second-order valence-electron chi connectivity index (χ2n) is 7.73. The van der Waals surface area contributed by atoms with Crippen LogP contribution in [0.15, 0.2) is 24.3 Å². The molecule has 1 atom stereocenters. The topological polar surface area (TPSA) is 50.8 Å². The van der Waals surface area contributed by atoms with Gasteiger partial charge in [0.2, 0.25) is 0 Å². The van der Waals surface area contributed by atoms with E-state index in [-0.39, 0.29) is 5.91 Å². The molecule has 0 radical (unpaired) electrons. The second kappa shape index (κ2) is 10.5. The molecular formula is C21H34N2O3. The Bertz CT molecular complexity index is 537. The van der Waals surface area contributed by atoms with Crippen LogP contribution in [0.5, 0.6) is 5.75 Å². The number of hydrogen-bond acceptors (Lipinski definition) is 4. The van der Waals surface area contributed by atoms with Crippen molar-refractivity contribution in [2.24, 2.45) is 11.8 Å². The monoisotopic (exact) mass is 362 g/mol. The Balaban J connectivity index is 1.83. The molecule has 0 aliphatic carbocycles. The summed E-state index contributed by atoms with van der Waals surface area (Å²) in [5.74, 6) is 1.89. The predicted molar refractivity (Wildman–Crippen MR) is 105 cm³/mol. The van der Waals surface area contributed by atoms with Gasteiger partial charge in [0.25, 0.3) is 5.91 Å². The number of carbonyl (C=O) groups excluding carboxylic acids is 1. The first-order valence-corrected chi connectivity index (χ1v) is 9.80. The van der Waals surface area contributed by atoms with Crippen molar-refractivity contribution in [3.8, 4) is 5.75 Å². The number of carbonyl (C=O) groups is 1. The SMILES string of the molecule is CC(C)CCOc1ccc(C(=O)NCC(C(C)C)N2CCOCC2)cc1. The molecule has 1 amide bonds. The van der Waals surface area contributed by atoms with Gasteiger partial charge in [-0.3, -0.25) is 9.69 Å². The molecular weight excluding hydrogens is 328 g/mol. The highest BCUT2D eigenvalue weighted by Crippen LogP contribution is 2.15. The Kier molecular flexibility index (Phi) is 8.39. The van der Waals surface area contributed by atoms with E-state index in [9.17, 15) is 4.79 Å². The van der Waals surface area contributed by atoms with Crippen LogP contribution in [0.2, 0.25) is 0 Å². The molecule has 26 heavy (non-hydrogen) atoms. The highest BCUT2D eigenvalue weighted by molar-refractivity contribution is 5.94. The lowest BCUT2D eigenvalue weighted by molar-refractivity contribution is 0.00673. The molecule has 1 fully saturated rings. The van der Waals surface area contributed by atoms with Crippen LogP contribution in [-0.4, -0.2) is 56.3 Å². The third-order valence-electron chi connectivity index (χ3n) is 4.84. The van der Waals surface area contributed by atoms with E-state index in [4.69, 9.17) is 9.47 Å². The molecule has 146 valence electrons. The van der Waals surface area contributed by atoms with Gasteiger partial charge < -0.3 is 14.8 Å². The van der Waals surface area contributed by atoms with Crippen LogP contribution in [0.3, 0.4) is 0 Å². The van der Waals surface area contributed by atoms with Crippen molar-refractivity contribution in [3.63, 3.8) is 0 Å². The Labute approximate surface area is 158 Å². The minimum atomic E-state index is -0.0300. The smallest absolute Gasteiger partial charge is 0.251 e. The number of nitrogens with zero attached hydrogens (tertiary/aromatic N) is 1. The van der Waals surface area contributed by atoms with Crippen LogP contribution in [-0.2, 0) is 4.74 Å². The van der Waals surface area contributed by atoms with E-state index >= 15 is 0 Å². The van der Waals surface area contributed by atoms with E-state index in [0.29, 0.717) is 36.6 Å². The summed E-state index contributed by atoms with van der Waals surface area (Å²) in [6.07, 6.45) is 1.03. The summed E-state index contributed by atoms with van der Waals surface area (Å²) in [5.41, 5.74) is 0.672. The maximum atomic E-state index is 12.5. The molecule has 5 heteroatoms. The first-order valence-electron chi connectivity index (χ1n) is 9.80. The zero-order valence-corrected chi connectivity index (χ0v) is 16.7. The quantitative estimate of drug-likeness (QED) is 0.733. The molecule has 1 aromatic carbocycles. The predicted octanol–water partition coefficient (Wildman–Crippen LogP) is 3.20. The van der Waals surface area contributed by atoms with Crippen LogP contribution in [0.25, 0.3) is 0 Å². The van der Waals surface area contributed by atoms with Crippen molar-refractivity contribution in [2.75, 3.05) is 39.5 Å². The number of nitrogens with one attached hydrogen (secondary N) is 1. The van der Waals surface area contributed by atoms with Crippen molar-refractivity contribution in [3.05, 3.63) is 29.8 Å². The van der Waals surface area contributed by atoms with Crippen LogP contribution in [0, 0.1) is 11.8 Å². The zero-order valence-electron chi connectivity index (χ0n) is 16.7. The maximum Gasteiger partial charge on any atom is 0.251 e. The minimum Gasteiger partial charge on any atom is -0.494 e. The highest BCUT2D eigenvalue weighted by atomic mass is 16.5. The van der Waals surface area contributed by atoms with Crippen LogP contribution in [0.1, 0.15) is 44.5 Å². The largest absolute Gasteiger partial charge is 0.494 e. The van der Waals surface area contributed by atoms with Crippen LogP contribution >= 0.6 is 0 Å². The van der Waals surface area contributed by atoms with Crippen molar-refractivity contribution < 1.29 is 14.3 Å². The van der Waals surface area contributed by atoms with E-state index in [1.54, 1.807) is 0 Å². The maximum absolute atomic E-state index is 12.5. The van der Waals surface area contributed by atoms with Gasteiger partial charge in [0.1, 0.15) is 5.75 Å². The molecule has 1 unspecified atom stereocenters. The van der Waals surface area contributed by atoms with E-state index in [2.05, 4.69) is 37.9 Å². The number of rotatable bonds is 9. The fourth-order valence-corrected chi connectivity index (χ4v) is 3.11. The first-order chi connectivity index (χ1) is 12.5. The first kappa shape index (κ1) is 20.7. The van der Waals surface area contributed by atoms with Gasteiger partial charge in [0.05, 0.1) is 19.8 Å². The van der Waals surface area contributed by atoms with E-state index in [1.165, 1.54) is 0 Å². The fourth-order valence-electron chi connectivity index (χ4n) is 3.11. The number of morpholine rings is 1. The highest BCUT2D eigenvalue weighted by Gasteiger charge is 2.24. The van der Waals surface area contributed by atoms with Gasteiger partial charge in [-0.2, -0.15) is 0 Å². The number of benzene rings is 1. The fraction of sp³-hybridized carbons (Fsp3) is 0.667.